The van der Waals surface area contributed by atoms with Gasteiger partial charge in [0.15, 0.2) is 0 Å². The average Bonchev–Trinajstić information content (AvgIpc) is 3.31. The molecule has 2 aromatic rings. The summed E-state index contributed by atoms with van der Waals surface area (Å²) in [6.07, 6.45) is 1.46. The number of amides is 3. The van der Waals surface area contributed by atoms with E-state index < -0.39 is 29.6 Å². The molecule has 190 valence electrons. The number of anilines is 1. The number of aromatic amines is 1. The number of H-pyrrole nitrogens is 1. The van der Waals surface area contributed by atoms with Gasteiger partial charge >= 0.3 is 5.97 Å². The van der Waals surface area contributed by atoms with Crippen molar-refractivity contribution < 1.29 is 33.4 Å². The van der Waals surface area contributed by atoms with Crippen LogP contribution in [0.25, 0.3) is 11.6 Å². The third kappa shape index (κ3) is 5.15. The maximum absolute atomic E-state index is 13.8. The van der Waals surface area contributed by atoms with Crippen LogP contribution < -0.4 is 10.6 Å². The van der Waals surface area contributed by atoms with Crippen LogP contribution in [0.15, 0.2) is 18.2 Å². The first kappa shape index (κ1) is 25.1. The standard InChI is InChI=1S/C25H27FN4O6/c1-13-20(12-17-16-11-15(26)3-4-18(16)28-23(17)32)27-14(2)22(13)24(33)29-19(25(34)35)5-6-21(31)30-7-9-36-10-8-30/h3-4,11-12,19,27H,5-10H2,1-2H3,(H,28,32)(H,29,33)(H,34,35)/b17-12-. The SMILES string of the molecule is Cc1[nH]c(/C=C2\C(=O)Nc3ccc(F)cc32)c(C)c1C(=O)NC(CCC(=O)N1CCOCC1)C(=O)O. The first-order valence-electron chi connectivity index (χ1n) is 11.6. The van der Waals surface area contributed by atoms with Crippen LogP contribution >= 0.6 is 0 Å². The number of carboxylic acid groups (broad SMARTS) is 1. The van der Waals surface area contributed by atoms with Crippen molar-refractivity contribution in [2.75, 3.05) is 31.6 Å². The van der Waals surface area contributed by atoms with Gasteiger partial charge in [0.1, 0.15) is 11.9 Å². The van der Waals surface area contributed by atoms with E-state index in [4.69, 9.17) is 4.74 Å². The number of nitrogens with zero attached hydrogens (tertiary/aromatic N) is 1. The van der Waals surface area contributed by atoms with E-state index in [0.717, 1.165) is 0 Å². The Morgan fingerprint density at radius 1 is 1.25 bits per heavy atom. The van der Waals surface area contributed by atoms with Crippen molar-refractivity contribution >= 4 is 41.0 Å². The summed E-state index contributed by atoms with van der Waals surface area (Å²) in [5, 5.41) is 14.8. The molecule has 1 atom stereocenters. The molecule has 1 aromatic heterocycles. The maximum atomic E-state index is 13.8. The van der Waals surface area contributed by atoms with Gasteiger partial charge in [-0.2, -0.15) is 0 Å². The van der Waals surface area contributed by atoms with E-state index in [1.807, 2.05) is 0 Å². The number of halogens is 1. The van der Waals surface area contributed by atoms with Gasteiger partial charge in [-0.05, 0) is 50.1 Å². The molecule has 36 heavy (non-hydrogen) atoms. The van der Waals surface area contributed by atoms with Crippen LogP contribution in [0, 0.1) is 19.7 Å². The second-order valence-electron chi connectivity index (χ2n) is 8.76. The molecule has 1 saturated heterocycles. The number of morpholine rings is 1. The number of benzene rings is 1. The average molecular weight is 499 g/mol. The second-order valence-corrected chi connectivity index (χ2v) is 8.76. The minimum atomic E-state index is -1.26. The summed E-state index contributed by atoms with van der Waals surface area (Å²) in [4.78, 5) is 54.3. The third-order valence-corrected chi connectivity index (χ3v) is 6.37. The number of aromatic nitrogens is 1. The molecule has 0 bridgehead atoms. The minimum Gasteiger partial charge on any atom is -0.480 e. The van der Waals surface area contributed by atoms with E-state index in [-0.39, 0.29) is 29.9 Å². The number of carbonyl (C=O) groups excluding carboxylic acids is 3. The largest absolute Gasteiger partial charge is 0.480 e. The molecule has 11 heteroatoms. The van der Waals surface area contributed by atoms with E-state index in [9.17, 15) is 28.7 Å². The zero-order valence-electron chi connectivity index (χ0n) is 19.9. The topological polar surface area (TPSA) is 141 Å². The fraction of sp³-hybridized carbons (Fsp3) is 0.360. The van der Waals surface area contributed by atoms with Crippen molar-refractivity contribution in [2.45, 2.75) is 32.7 Å². The van der Waals surface area contributed by atoms with Crippen molar-refractivity contribution in [1.82, 2.24) is 15.2 Å². The van der Waals surface area contributed by atoms with Crippen molar-refractivity contribution in [3.63, 3.8) is 0 Å². The van der Waals surface area contributed by atoms with E-state index in [2.05, 4.69) is 15.6 Å². The molecule has 1 unspecified atom stereocenters. The summed E-state index contributed by atoms with van der Waals surface area (Å²) in [5.41, 5.74) is 2.83. The molecule has 0 saturated carbocycles. The lowest BCUT2D eigenvalue weighted by molar-refractivity contribution is -0.140. The highest BCUT2D eigenvalue weighted by Gasteiger charge is 2.28. The molecule has 3 amide bonds. The maximum Gasteiger partial charge on any atom is 0.326 e. The first-order valence-corrected chi connectivity index (χ1v) is 11.6. The molecule has 3 heterocycles. The second kappa shape index (κ2) is 10.3. The van der Waals surface area contributed by atoms with Gasteiger partial charge in [-0.25, -0.2) is 9.18 Å². The summed E-state index contributed by atoms with van der Waals surface area (Å²) >= 11 is 0. The third-order valence-electron chi connectivity index (χ3n) is 6.37. The summed E-state index contributed by atoms with van der Waals surface area (Å²) in [5.74, 6) is -2.92. The van der Waals surface area contributed by atoms with Crippen molar-refractivity contribution in [2.24, 2.45) is 0 Å². The number of hydrogen-bond donors (Lipinski definition) is 4. The Morgan fingerprint density at radius 2 is 1.97 bits per heavy atom. The molecule has 10 nitrogen and oxygen atoms in total. The van der Waals surface area contributed by atoms with Crippen molar-refractivity contribution in [3.8, 4) is 0 Å². The lowest BCUT2D eigenvalue weighted by atomic mass is 10.0. The van der Waals surface area contributed by atoms with Crippen LogP contribution in [0.2, 0.25) is 0 Å². The molecule has 2 aliphatic heterocycles. The number of aryl methyl sites for hydroxylation is 1. The Hall–Kier alpha value is -3.99. The molecule has 4 rings (SSSR count). The number of carboxylic acids is 1. The zero-order valence-corrected chi connectivity index (χ0v) is 19.9. The zero-order chi connectivity index (χ0) is 26.0. The highest BCUT2D eigenvalue weighted by atomic mass is 19.1. The monoisotopic (exact) mass is 498 g/mol. The predicted octanol–water partition coefficient (Wildman–Crippen LogP) is 2.09. The minimum absolute atomic E-state index is 0.0230. The van der Waals surface area contributed by atoms with E-state index >= 15 is 0 Å². The number of fused-ring (bicyclic) bond motifs is 1. The number of rotatable bonds is 7. The van der Waals surface area contributed by atoms with Gasteiger partial charge in [0.2, 0.25) is 5.91 Å². The number of nitrogens with one attached hydrogen (secondary N) is 3. The van der Waals surface area contributed by atoms with Crippen LogP contribution in [-0.4, -0.2) is 71.0 Å². The van der Waals surface area contributed by atoms with Gasteiger partial charge in [-0.15, -0.1) is 0 Å². The fourth-order valence-corrected chi connectivity index (χ4v) is 4.43. The molecule has 4 N–H and O–H groups in total. The number of ether oxygens (including phenoxy) is 1. The summed E-state index contributed by atoms with van der Waals surface area (Å²) in [6, 6.07) is 2.73. The Kier molecular flexibility index (Phi) is 7.20. The molecule has 0 radical (unpaired) electrons. The molecular weight excluding hydrogens is 471 g/mol. The van der Waals surface area contributed by atoms with E-state index in [1.54, 1.807) is 18.7 Å². The normalized spacial score (nSPS) is 17.0. The van der Waals surface area contributed by atoms with Gasteiger partial charge in [-0.3, -0.25) is 14.4 Å². The lowest BCUT2D eigenvalue weighted by Gasteiger charge is -2.27. The molecule has 0 spiro atoms. The Labute approximate surface area is 206 Å². The summed E-state index contributed by atoms with van der Waals surface area (Å²) in [7, 11) is 0. The highest BCUT2D eigenvalue weighted by molar-refractivity contribution is 6.34. The Bertz CT molecular complexity index is 1260. The fourth-order valence-electron chi connectivity index (χ4n) is 4.43. The van der Waals surface area contributed by atoms with Crippen molar-refractivity contribution in [1.29, 1.82) is 0 Å². The van der Waals surface area contributed by atoms with Crippen molar-refractivity contribution in [3.05, 3.63) is 52.1 Å². The quantitative estimate of drug-likeness (QED) is 0.431. The summed E-state index contributed by atoms with van der Waals surface area (Å²) in [6.45, 7) is 5.12. The van der Waals surface area contributed by atoms with Gasteiger partial charge in [0, 0.05) is 42.1 Å². The smallest absolute Gasteiger partial charge is 0.326 e. The number of carbonyl (C=O) groups is 4. The molecular formula is C25H27FN4O6. The molecule has 0 aliphatic carbocycles. The Balaban J connectivity index is 1.50. The predicted molar refractivity (Wildman–Crippen MR) is 129 cm³/mol. The van der Waals surface area contributed by atoms with E-state index in [1.165, 1.54) is 24.3 Å². The molecule has 2 aliphatic rings. The molecule has 1 aromatic carbocycles. The van der Waals surface area contributed by atoms with Crippen LogP contribution in [0.1, 0.15) is 45.7 Å². The first-order chi connectivity index (χ1) is 17.2. The Morgan fingerprint density at radius 3 is 2.67 bits per heavy atom. The van der Waals surface area contributed by atoms with Crippen LogP contribution in [0.4, 0.5) is 10.1 Å². The van der Waals surface area contributed by atoms with Gasteiger partial charge < -0.3 is 30.4 Å². The van der Waals surface area contributed by atoms with Crippen LogP contribution in [0.5, 0.6) is 0 Å². The van der Waals surface area contributed by atoms with Gasteiger partial charge in [0.25, 0.3) is 11.8 Å². The van der Waals surface area contributed by atoms with Gasteiger partial charge in [-0.1, -0.05) is 0 Å². The number of hydrogen-bond acceptors (Lipinski definition) is 5. The summed E-state index contributed by atoms with van der Waals surface area (Å²) < 4.78 is 19.0. The van der Waals surface area contributed by atoms with Crippen LogP contribution in [-0.2, 0) is 19.1 Å². The van der Waals surface area contributed by atoms with Gasteiger partial charge in [0.05, 0.1) is 24.4 Å². The lowest BCUT2D eigenvalue weighted by Crippen LogP contribution is -2.44. The van der Waals surface area contributed by atoms with E-state index in [0.29, 0.717) is 54.5 Å². The highest BCUT2D eigenvalue weighted by Crippen LogP contribution is 2.34. The molecule has 1 fully saturated rings. The number of aliphatic carboxylic acids is 1. The van der Waals surface area contributed by atoms with Crippen LogP contribution in [0.3, 0.4) is 0 Å².